The molecule has 0 fully saturated rings. The van der Waals surface area contributed by atoms with Crippen LogP contribution in [0.4, 0.5) is 19.1 Å². The fourth-order valence-electron chi connectivity index (χ4n) is 3.07. The Kier molecular flexibility index (Phi) is 4.40. The van der Waals surface area contributed by atoms with Crippen molar-refractivity contribution < 1.29 is 13.2 Å². The number of hydrogen-bond acceptors (Lipinski definition) is 5. The van der Waals surface area contributed by atoms with E-state index in [-0.39, 0.29) is 5.70 Å². The molecule has 0 aliphatic heterocycles. The molecule has 0 saturated carbocycles. The fraction of sp³-hybridized carbons (Fsp3) is 0.211. The van der Waals surface area contributed by atoms with Gasteiger partial charge in [0.25, 0.3) is 0 Å². The Labute approximate surface area is 163 Å². The van der Waals surface area contributed by atoms with Crippen molar-refractivity contribution in [3.05, 3.63) is 49.1 Å². The highest BCUT2D eigenvalue weighted by molar-refractivity contribution is 5.94. The summed E-state index contributed by atoms with van der Waals surface area (Å²) in [5.41, 5.74) is 3.69. The molecule has 10 heteroatoms. The largest absolute Gasteiger partial charge is 0.408 e. The number of aromatic nitrogens is 5. The summed E-state index contributed by atoms with van der Waals surface area (Å²) >= 11 is 0. The van der Waals surface area contributed by atoms with E-state index in [2.05, 4.69) is 37.3 Å². The molecule has 0 aliphatic rings. The van der Waals surface area contributed by atoms with Gasteiger partial charge in [-0.1, -0.05) is 6.58 Å². The summed E-state index contributed by atoms with van der Waals surface area (Å²) in [5.74, 6) is 0.501. The summed E-state index contributed by atoms with van der Waals surface area (Å²) in [4.78, 5) is 11.7. The summed E-state index contributed by atoms with van der Waals surface area (Å²) in [5, 5.41) is 10.3. The minimum absolute atomic E-state index is 0.155. The first-order valence-electron chi connectivity index (χ1n) is 8.80. The summed E-state index contributed by atoms with van der Waals surface area (Å²) in [6.45, 7) is 4.81. The molecule has 29 heavy (non-hydrogen) atoms. The number of rotatable bonds is 5. The van der Waals surface area contributed by atoms with Gasteiger partial charge in [-0.05, 0) is 24.6 Å². The van der Waals surface area contributed by atoms with Crippen LogP contribution in [-0.2, 0) is 0 Å². The molecule has 0 saturated heterocycles. The van der Waals surface area contributed by atoms with Crippen LogP contribution in [0.3, 0.4) is 0 Å². The molecular weight excluding hydrogens is 383 g/mol. The quantitative estimate of drug-likeness (QED) is 0.474. The number of alkyl halides is 3. The molecule has 0 spiro atoms. The van der Waals surface area contributed by atoms with Gasteiger partial charge in [-0.15, -0.1) is 0 Å². The van der Waals surface area contributed by atoms with Crippen LogP contribution in [0.25, 0.3) is 33.4 Å². The van der Waals surface area contributed by atoms with E-state index in [9.17, 15) is 13.2 Å². The molecule has 0 aliphatic carbocycles. The van der Waals surface area contributed by atoms with Gasteiger partial charge in [0.15, 0.2) is 0 Å². The second-order valence-electron chi connectivity index (χ2n) is 6.60. The molecular formula is C19H18F3N7. The van der Waals surface area contributed by atoms with E-state index in [1.165, 1.54) is 6.20 Å². The first-order chi connectivity index (χ1) is 13.8. The van der Waals surface area contributed by atoms with Crippen LogP contribution < -0.4 is 10.6 Å². The van der Waals surface area contributed by atoms with Crippen molar-refractivity contribution in [1.82, 2.24) is 29.9 Å². The second kappa shape index (κ2) is 6.80. The van der Waals surface area contributed by atoms with Crippen molar-refractivity contribution in [2.45, 2.75) is 19.1 Å². The number of halogens is 3. The highest BCUT2D eigenvalue weighted by Crippen LogP contribution is 2.30. The molecule has 3 N–H and O–H groups in total. The van der Waals surface area contributed by atoms with Crippen molar-refractivity contribution in [3.8, 4) is 11.1 Å². The lowest BCUT2D eigenvalue weighted by Gasteiger charge is -2.19. The number of pyridine rings is 1. The van der Waals surface area contributed by atoms with Gasteiger partial charge in [-0.3, -0.25) is 0 Å². The van der Waals surface area contributed by atoms with Crippen LogP contribution in [0.1, 0.15) is 12.5 Å². The van der Waals surface area contributed by atoms with Crippen LogP contribution in [0.5, 0.6) is 0 Å². The van der Waals surface area contributed by atoms with Crippen molar-refractivity contribution in [2.24, 2.45) is 0 Å². The molecule has 150 valence electrons. The lowest BCUT2D eigenvalue weighted by Crippen LogP contribution is -2.38. The van der Waals surface area contributed by atoms with Crippen LogP contribution in [0.15, 0.2) is 43.5 Å². The Hall–Kier alpha value is -3.56. The summed E-state index contributed by atoms with van der Waals surface area (Å²) in [6, 6.07) is 2.00. The van der Waals surface area contributed by atoms with Crippen molar-refractivity contribution in [2.75, 3.05) is 12.4 Å². The number of nitrogens with zero attached hydrogens (tertiary/aromatic N) is 4. The molecule has 4 heterocycles. The van der Waals surface area contributed by atoms with Gasteiger partial charge >= 0.3 is 6.18 Å². The molecule has 0 amide bonds. The standard InChI is InChI=1S/C19H18F3N7/c1-10(27-11(2)19(20,21)22)13-9-26-29-5-4-12(6-16(13)29)14-7-24-17-15(14)8-25-18(23-3)28-17/h4-9,11,27H,1H2,2-3H3,(H2,23,24,25,28). The third kappa shape index (κ3) is 3.37. The molecule has 0 radical (unpaired) electrons. The maximum atomic E-state index is 12.9. The lowest BCUT2D eigenvalue weighted by atomic mass is 10.1. The fourth-order valence-corrected chi connectivity index (χ4v) is 3.07. The predicted octanol–water partition coefficient (Wildman–Crippen LogP) is 3.83. The van der Waals surface area contributed by atoms with Crippen LogP contribution in [0, 0.1) is 0 Å². The Morgan fingerprint density at radius 3 is 2.83 bits per heavy atom. The smallest absolute Gasteiger partial charge is 0.374 e. The van der Waals surface area contributed by atoms with Gasteiger partial charge in [0, 0.05) is 47.8 Å². The first-order valence-corrected chi connectivity index (χ1v) is 8.80. The van der Waals surface area contributed by atoms with Gasteiger partial charge in [0.1, 0.15) is 11.7 Å². The van der Waals surface area contributed by atoms with Gasteiger partial charge in [-0.25, -0.2) is 9.50 Å². The second-order valence-corrected chi connectivity index (χ2v) is 6.60. The van der Waals surface area contributed by atoms with Crippen LogP contribution in [-0.4, -0.2) is 43.8 Å². The van der Waals surface area contributed by atoms with Crippen molar-refractivity contribution in [1.29, 1.82) is 0 Å². The summed E-state index contributed by atoms with van der Waals surface area (Å²) in [7, 11) is 1.74. The zero-order valence-electron chi connectivity index (χ0n) is 15.7. The van der Waals surface area contributed by atoms with Gasteiger partial charge < -0.3 is 15.6 Å². The molecule has 1 atom stereocenters. The molecule has 7 nitrogen and oxygen atoms in total. The third-order valence-electron chi connectivity index (χ3n) is 4.70. The van der Waals surface area contributed by atoms with E-state index < -0.39 is 12.2 Å². The zero-order chi connectivity index (χ0) is 20.8. The summed E-state index contributed by atoms with van der Waals surface area (Å²) < 4.78 is 40.2. The first kappa shape index (κ1) is 18.8. The van der Waals surface area contributed by atoms with Gasteiger partial charge in [-0.2, -0.15) is 23.3 Å². The maximum absolute atomic E-state index is 12.9. The molecule has 0 aromatic carbocycles. The molecule has 0 bridgehead atoms. The van der Waals surface area contributed by atoms with E-state index in [0.717, 1.165) is 23.4 Å². The number of fused-ring (bicyclic) bond motifs is 2. The topological polar surface area (TPSA) is 82.9 Å². The number of aromatic amines is 1. The van der Waals surface area contributed by atoms with Gasteiger partial charge in [0.2, 0.25) is 5.95 Å². The highest BCUT2D eigenvalue weighted by atomic mass is 19.4. The number of nitrogens with one attached hydrogen (secondary N) is 3. The summed E-state index contributed by atoms with van der Waals surface area (Å²) in [6.07, 6.45) is 2.41. The average molecular weight is 401 g/mol. The van der Waals surface area contributed by atoms with E-state index in [4.69, 9.17) is 0 Å². The van der Waals surface area contributed by atoms with E-state index in [1.54, 1.807) is 24.0 Å². The number of H-pyrrole nitrogens is 1. The van der Waals surface area contributed by atoms with Crippen molar-refractivity contribution >= 4 is 28.2 Å². The Balaban J connectivity index is 1.73. The Morgan fingerprint density at radius 1 is 1.31 bits per heavy atom. The maximum Gasteiger partial charge on any atom is 0.408 e. The average Bonchev–Trinajstić information content (AvgIpc) is 3.30. The Bertz CT molecular complexity index is 1210. The highest BCUT2D eigenvalue weighted by Gasteiger charge is 2.36. The molecule has 4 rings (SSSR count). The van der Waals surface area contributed by atoms with E-state index in [0.29, 0.717) is 22.7 Å². The molecule has 1 unspecified atom stereocenters. The van der Waals surface area contributed by atoms with Crippen LogP contribution >= 0.6 is 0 Å². The molecule has 4 aromatic rings. The lowest BCUT2D eigenvalue weighted by molar-refractivity contribution is -0.148. The SMILES string of the molecule is C=C(NC(C)C(F)(F)F)c1cnn2ccc(-c3c[nH]c4nc(NC)ncc34)cc12. The number of hydrogen-bond donors (Lipinski definition) is 3. The minimum Gasteiger partial charge on any atom is -0.374 e. The third-order valence-corrected chi connectivity index (χ3v) is 4.70. The monoisotopic (exact) mass is 401 g/mol. The Morgan fingerprint density at radius 2 is 2.10 bits per heavy atom. The normalized spacial score (nSPS) is 13.0. The minimum atomic E-state index is -4.37. The molecule has 4 aromatic heterocycles. The van der Waals surface area contributed by atoms with Crippen molar-refractivity contribution in [3.63, 3.8) is 0 Å². The number of anilines is 1. The predicted molar refractivity (Wildman–Crippen MR) is 105 cm³/mol. The van der Waals surface area contributed by atoms with Crippen LogP contribution in [0.2, 0.25) is 0 Å². The zero-order valence-corrected chi connectivity index (χ0v) is 15.7. The van der Waals surface area contributed by atoms with Gasteiger partial charge in [0.05, 0.1) is 11.7 Å². The van der Waals surface area contributed by atoms with E-state index in [1.807, 2.05) is 18.3 Å². The van der Waals surface area contributed by atoms with E-state index >= 15 is 0 Å².